The molecule has 4 rings (SSSR count). The molecule has 0 aromatic carbocycles. The lowest BCUT2D eigenvalue weighted by molar-refractivity contribution is 0.214. The molecular formula is C18H23N5O. The van der Waals surface area contributed by atoms with Crippen LogP contribution in [0.25, 0.3) is 0 Å². The molecule has 0 N–H and O–H groups in total. The minimum absolute atomic E-state index is 0.0290. The van der Waals surface area contributed by atoms with Crippen molar-refractivity contribution in [2.24, 2.45) is 0 Å². The summed E-state index contributed by atoms with van der Waals surface area (Å²) in [5.41, 5.74) is 1.06. The van der Waals surface area contributed by atoms with Crippen molar-refractivity contribution in [3.8, 4) is 0 Å². The minimum atomic E-state index is -0.0290. The molecule has 0 amide bonds. The van der Waals surface area contributed by atoms with Crippen LogP contribution in [0.5, 0.6) is 0 Å². The van der Waals surface area contributed by atoms with Gasteiger partial charge in [0.15, 0.2) is 0 Å². The van der Waals surface area contributed by atoms with Crippen LogP contribution >= 0.6 is 0 Å². The molecule has 1 aliphatic heterocycles. The smallest absolute Gasteiger partial charge is 0.266 e. The maximum Gasteiger partial charge on any atom is 0.266 e. The van der Waals surface area contributed by atoms with Gasteiger partial charge in [0, 0.05) is 37.0 Å². The molecule has 6 heteroatoms. The molecular weight excluding hydrogens is 302 g/mol. The Morgan fingerprint density at radius 2 is 2.04 bits per heavy atom. The van der Waals surface area contributed by atoms with E-state index < -0.39 is 0 Å². The third-order valence-electron chi connectivity index (χ3n) is 5.24. The zero-order valence-electron chi connectivity index (χ0n) is 13.8. The average molecular weight is 325 g/mol. The minimum Gasteiger partial charge on any atom is -0.293 e. The Kier molecular flexibility index (Phi) is 4.38. The van der Waals surface area contributed by atoms with Gasteiger partial charge >= 0.3 is 0 Å². The summed E-state index contributed by atoms with van der Waals surface area (Å²) in [7, 11) is 0. The monoisotopic (exact) mass is 325 g/mol. The molecule has 1 aliphatic carbocycles. The van der Waals surface area contributed by atoms with Gasteiger partial charge in [0.05, 0.1) is 12.2 Å². The molecule has 2 fully saturated rings. The number of hydrogen-bond donors (Lipinski definition) is 0. The van der Waals surface area contributed by atoms with Crippen LogP contribution in [0.1, 0.15) is 49.5 Å². The summed E-state index contributed by atoms with van der Waals surface area (Å²) in [6.07, 6.45) is 9.57. The van der Waals surface area contributed by atoms with Crippen LogP contribution in [0.2, 0.25) is 0 Å². The molecule has 126 valence electrons. The van der Waals surface area contributed by atoms with Gasteiger partial charge in [-0.3, -0.25) is 9.69 Å². The number of likely N-dealkylation sites (tertiary alicyclic amines) is 1. The fraction of sp³-hybridized carbons (Fsp3) is 0.556. The molecule has 1 saturated heterocycles. The molecule has 2 aromatic heterocycles. The van der Waals surface area contributed by atoms with Crippen molar-refractivity contribution in [3.05, 3.63) is 52.5 Å². The Balaban J connectivity index is 1.45. The Morgan fingerprint density at radius 1 is 1.12 bits per heavy atom. The van der Waals surface area contributed by atoms with E-state index in [9.17, 15) is 4.79 Å². The zero-order chi connectivity index (χ0) is 16.4. The molecule has 0 bridgehead atoms. The van der Waals surface area contributed by atoms with Gasteiger partial charge in [-0.05, 0) is 44.4 Å². The number of nitrogens with zero attached hydrogens (tertiary/aromatic N) is 5. The summed E-state index contributed by atoms with van der Waals surface area (Å²) in [5.74, 6) is 1.57. The number of hydrogen-bond acceptors (Lipinski definition) is 5. The van der Waals surface area contributed by atoms with E-state index in [1.54, 1.807) is 23.0 Å². The molecule has 1 unspecified atom stereocenters. The third-order valence-corrected chi connectivity index (χ3v) is 5.24. The lowest BCUT2D eigenvalue weighted by atomic mass is 9.85. The Morgan fingerprint density at radius 3 is 2.83 bits per heavy atom. The molecule has 3 heterocycles. The second kappa shape index (κ2) is 6.81. The highest BCUT2D eigenvalue weighted by Gasteiger charge is 2.27. The highest BCUT2D eigenvalue weighted by Crippen LogP contribution is 2.34. The molecule has 6 nitrogen and oxygen atoms in total. The van der Waals surface area contributed by atoms with E-state index >= 15 is 0 Å². The van der Waals surface area contributed by atoms with E-state index in [1.165, 1.54) is 19.3 Å². The highest BCUT2D eigenvalue weighted by atomic mass is 16.1. The van der Waals surface area contributed by atoms with Crippen LogP contribution in [-0.2, 0) is 13.1 Å². The standard InChI is InChI=1S/C18H23N5O/c24-17-7-2-9-20-23(17)13-16-6-3-11-22(16)12-15-8-10-19-18(21-15)14-4-1-5-14/h2,7-10,14,16H,1,3-6,11-13H2. The first-order valence-electron chi connectivity index (χ1n) is 8.87. The first kappa shape index (κ1) is 15.4. The number of aromatic nitrogens is 4. The fourth-order valence-corrected chi connectivity index (χ4v) is 3.61. The third kappa shape index (κ3) is 3.24. The molecule has 2 aliphatic rings. The zero-order valence-corrected chi connectivity index (χ0v) is 13.8. The summed E-state index contributed by atoms with van der Waals surface area (Å²) in [4.78, 5) is 23.5. The van der Waals surface area contributed by atoms with Crippen LogP contribution in [0.15, 0.2) is 35.4 Å². The normalized spacial score (nSPS) is 21.8. The molecule has 1 saturated carbocycles. The van der Waals surface area contributed by atoms with Crippen molar-refractivity contribution in [1.82, 2.24) is 24.6 Å². The summed E-state index contributed by atoms with van der Waals surface area (Å²) >= 11 is 0. The van der Waals surface area contributed by atoms with Gasteiger partial charge in [-0.25, -0.2) is 14.6 Å². The maximum absolute atomic E-state index is 11.9. The van der Waals surface area contributed by atoms with Gasteiger partial charge in [0.1, 0.15) is 5.82 Å². The first-order valence-corrected chi connectivity index (χ1v) is 8.87. The van der Waals surface area contributed by atoms with E-state index in [2.05, 4.69) is 15.0 Å². The number of rotatable bonds is 5. The summed E-state index contributed by atoms with van der Waals surface area (Å²) in [6, 6.07) is 5.62. The average Bonchev–Trinajstić information content (AvgIpc) is 2.95. The van der Waals surface area contributed by atoms with E-state index in [0.717, 1.165) is 37.4 Å². The second-order valence-electron chi connectivity index (χ2n) is 6.84. The predicted molar refractivity (Wildman–Crippen MR) is 90.6 cm³/mol. The van der Waals surface area contributed by atoms with Crippen LogP contribution in [0, 0.1) is 0 Å². The lowest BCUT2D eigenvalue weighted by Gasteiger charge is -2.26. The van der Waals surface area contributed by atoms with Crippen LogP contribution < -0.4 is 5.56 Å². The van der Waals surface area contributed by atoms with Crippen molar-refractivity contribution in [3.63, 3.8) is 0 Å². The highest BCUT2D eigenvalue weighted by molar-refractivity contribution is 5.08. The Hall–Kier alpha value is -2.08. The van der Waals surface area contributed by atoms with Crippen molar-refractivity contribution in [1.29, 1.82) is 0 Å². The van der Waals surface area contributed by atoms with Crippen LogP contribution in [0.3, 0.4) is 0 Å². The summed E-state index contributed by atoms with van der Waals surface area (Å²) < 4.78 is 1.57. The summed E-state index contributed by atoms with van der Waals surface area (Å²) in [5, 5.41) is 4.19. The van der Waals surface area contributed by atoms with E-state index in [0.29, 0.717) is 18.5 Å². The van der Waals surface area contributed by atoms with Gasteiger partial charge in [-0.2, -0.15) is 5.10 Å². The molecule has 0 spiro atoms. The van der Waals surface area contributed by atoms with Crippen LogP contribution in [0.4, 0.5) is 0 Å². The van der Waals surface area contributed by atoms with Gasteiger partial charge in [-0.1, -0.05) is 6.42 Å². The quantitative estimate of drug-likeness (QED) is 0.841. The largest absolute Gasteiger partial charge is 0.293 e. The molecule has 24 heavy (non-hydrogen) atoms. The van der Waals surface area contributed by atoms with Crippen molar-refractivity contribution in [2.75, 3.05) is 6.54 Å². The van der Waals surface area contributed by atoms with Gasteiger partial charge in [-0.15, -0.1) is 0 Å². The van der Waals surface area contributed by atoms with Gasteiger partial charge in [0.25, 0.3) is 5.56 Å². The van der Waals surface area contributed by atoms with Crippen molar-refractivity contribution < 1.29 is 0 Å². The summed E-state index contributed by atoms with van der Waals surface area (Å²) in [6.45, 7) is 2.53. The van der Waals surface area contributed by atoms with Crippen molar-refractivity contribution in [2.45, 2.75) is 57.2 Å². The SMILES string of the molecule is O=c1cccnn1CC1CCCN1Cc1ccnc(C2CCC2)n1. The van der Waals surface area contributed by atoms with Gasteiger partial charge < -0.3 is 0 Å². The van der Waals surface area contributed by atoms with Gasteiger partial charge in [0.2, 0.25) is 0 Å². The topological polar surface area (TPSA) is 63.9 Å². The maximum atomic E-state index is 11.9. The molecule has 0 radical (unpaired) electrons. The second-order valence-corrected chi connectivity index (χ2v) is 6.84. The Bertz CT molecular complexity index is 755. The van der Waals surface area contributed by atoms with Crippen LogP contribution in [-0.4, -0.2) is 37.2 Å². The lowest BCUT2D eigenvalue weighted by Crippen LogP contribution is -2.36. The molecule has 1 atom stereocenters. The first-order chi connectivity index (χ1) is 11.8. The Labute approximate surface area is 141 Å². The molecule has 2 aromatic rings. The van der Waals surface area contributed by atoms with Crippen molar-refractivity contribution >= 4 is 0 Å². The van der Waals surface area contributed by atoms with E-state index in [4.69, 9.17) is 4.98 Å². The van der Waals surface area contributed by atoms with E-state index in [1.807, 2.05) is 12.3 Å². The predicted octanol–water partition coefficient (Wildman–Crippen LogP) is 1.97. The fourth-order valence-electron chi connectivity index (χ4n) is 3.61. The van der Waals surface area contributed by atoms with E-state index in [-0.39, 0.29) is 5.56 Å².